The molecule has 6 nitrogen and oxygen atoms in total. The van der Waals surface area contributed by atoms with Crippen LogP contribution in [0.2, 0.25) is 0 Å². The number of aromatic nitrogens is 1. The summed E-state index contributed by atoms with van der Waals surface area (Å²) in [5, 5.41) is 6.72. The Bertz CT molecular complexity index is 710. The average molecular weight is 335 g/mol. The van der Waals surface area contributed by atoms with Crippen molar-refractivity contribution in [1.82, 2.24) is 15.4 Å². The van der Waals surface area contributed by atoms with Crippen LogP contribution < -0.4 is 10.1 Å². The highest BCUT2D eigenvalue weighted by atomic mass is 19.1. The molecular formula is C17H22FN3O3. The molecule has 24 heavy (non-hydrogen) atoms. The molecule has 1 aromatic carbocycles. The predicted octanol–water partition coefficient (Wildman–Crippen LogP) is 3.34. The summed E-state index contributed by atoms with van der Waals surface area (Å²) in [6, 6.07) is 3.53. The lowest BCUT2D eigenvalue weighted by atomic mass is 10.1. The monoisotopic (exact) mass is 335 g/mol. The topological polar surface area (TPSA) is 67.6 Å². The van der Waals surface area contributed by atoms with E-state index in [4.69, 9.17) is 9.26 Å². The first-order chi connectivity index (χ1) is 11.3. The van der Waals surface area contributed by atoms with Crippen LogP contribution in [0.4, 0.5) is 9.18 Å². The molecule has 0 aliphatic rings. The molecule has 1 heterocycles. The van der Waals surface area contributed by atoms with E-state index in [0.29, 0.717) is 23.6 Å². The number of aryl methyl sites for hydroxylation is 2. The molecule has 0 spiro atoms. The van der Waals surface area contributed by atoms with Gasteiger partial charge in [-0.2, -0.15) is 0 Å². The normalized spacial score (nSPS) is 11.9. The molecule has 0 fully saturated rings. The highest BCUT2D eigenvalue weighted by molar-refractivity contribution is 5.74. The third kappa shape index (κ3) is 3.84. The Balaban J connectivity index is 2.07. The van der Waals surface area contributed by atoms with Gasteiger partial charge >= 0.3 is 6.03 Å². The molecule has 2 rings (SSSR count). The van der Waals surface area contributed by atoms with Crippen molar-refractivity contribution in [3.63, 3.8) is 0 Å². The standard InChI is InChI=1S/C17H22FN3O3/c1-10(14-8-13(18)6-7-16(14)23-5)19-17(22)21(4)9-15-11(2)20-24-12(15)3/h6-8,10H,9H2,1-5H3,(H,19,22). The van der Waals surface area contributed by atoms with Gasteiger partial charge in [-0.05, 0) is 39.0 Å². The molecule has 0 bridgehead atoms. The van der Waals surface area contributed by atoms with Gasteiger partial charge in [0.1, 0.15) is 17.3 Å². The van der Waals surface area contributed by atoms with Crippen molar-refractivity contribution in [2.24, 2.45) is 0 Å². The number of halogens is 1. The molecule has 1 unspecified atom stereocenters. The molecular weight excluding hydrogens is 313 g/mol. The number of methoxy groups -OCH3 is 1. The van der Waals surface area contributed by atoms with Crippen LogP contribution in [-0.4, -0.2) is 30.2 Å². The molecule has 0 aliphatic heterocycles. The second kappa shape index (κ2) is 7.33. The van der Waals surface area contributed by atoms with Crippen molar-refractivity contribution >= 4 is 6.03 Å². The van der Waals surface area contributed by atoms with E-state index in [1.165, 1.54) is 24.1 Å². The number of nitrogens with zero attached hydrogens (tertiary/aromatic N) is 2. The van der Waals surface area contributed by atoms with Crippen molar-refractivity contribution in [1.29, 1.82) is 0 Å². The smallest absolute Gasteiger partial charge is 0.317 e. The van der Waals surface area contributed by atoms with Gasteiger partial charge in [-0.3, -0.25) is 0 Å². The minimum atomic E-state index is -0.407. The zero-order valence-corrected chi connectivity index (χ0v) is 14.5. The fraction of sp³-hybridized carbons (Fsp3) is 0.412. The van der Waals surface area contributed by atoms with Crippen LogP contribution in [0.3, 0.4) is 0 Å². The van der Waals surface area contributed by atoms with E-state index in [0.717, 1.165) is 11.3 Å². The van der Waals surface area contributed by atoms with Crippen LogP contribution in [0.1, 0.15) is 35.5 Å². The first kappa shape index (κ1) is 17.8. The summed E-state index contributed by atoms with van der Waals surface area (Å²) in [6.45, 7) is 5.79. The van der Waals surface area contributed by atoms with Gasteiger partial charge in [0.25, 0.3) is 0 Å². The fourth-order valence-corrected chi connectivity index (χ4v) is 2.45. The molecule has 1 N–H and O–H groups in total. The van der Waals surface area contributed by atoms with Gasteiger partial charge in [-0.15, -0.1) is 0 Å². The van der Waals surface area contributed by atoms with Gasteiger partial charge in [0.2, 0.25) is 0 Å². The van der Waals surface area contributed by atoms with Gasteiger partial charge < -0.3 is 19.5 Å². The van der Waals surface area contributed by atoms with E-state index in [9.17, 15) is 9.18 Å². The number of carbonyl (C=O) groups is 1. The Morgan fingerprint density at radius 1 is 1.46 bits per heavy atom. The van der Waals surface area contributed by atoms with Crippen molar-refractivity contribution < 1.29 is 18.4 Å². The first-order valence-electron chi connectivity index (χ1n) is 7.60. The summed E-state index contributed by atoms with van der Waals surface area (Å²) in [5.74, 6) is 0.834. The largest absolute Gasteiger partial charge is 0.496 e. The van der Waals surface area contributed by atoms with Crippen LogP contribution in [0, 0.1) is 19.7 Å². The maximum absolute atomic E-state index is 13.5. The summed E-state index contributed by atoms with van der Waals surface area (Å²) in [7, 11) is 3.19. The molecule has 0 saturated carbocycles. The Labute approximate surface area is 140 Å². The number of benzene rings is 1. The average Bonchev–Trinajstić information content (AvgIpc) is 2.86. The van der Waals surface area contributed by atoms with Gasteiger partial charge in [0.05, 0.1) is 25.4 Å². The number of nitrogens with one attached hydrogen (secondary N) is 1. The SMILES string of the molecule is COc1ccc(F)cc1C(C)NC(=O)N(C)Cc1c(C)noc1C. The number of urea groups is 1. The van der Waals surface area contributed by atoms with Crippen molar-refractivity contribution in [3.05, 3.63) is 46.6 Å². The fourth-order valence-electron chi connectivity index (χ4n) is 2.45. The molecule has 0 aliphatic carbocycles. The second-order valence-electron chi connectivity index (χ2n) is 5.72. The minimum absolute atomic E-state index is 0.284. The molecule has 2 aromatic rings. The van der Waals surface area contributed by atoms with Crippen molar-refractivity contribution in [3.8, 4) is 5.75 Å². The van der Waals surface area contributed by atoms with E-state index in [-0.39, 0.29) is 11.8 Å². The number of rotatable bonds is 5. The van der Waals surface area contributed by atoms with Crippen molar-refractivity contribution in [2.45, 2.75) is 33.4 Å². The summed E-state index contributed by atoms with van der Waals surface area (Å²) in [5.41, 5.74) is 2.22. The number of ether oxygens (including phenoxy) is 1. The van der Waals surface area contributed by atoms with Crippen LogP contribution in [0.25, 0.3) is 0 Å². The Morgan fingerprint density at radius 2 is 2.17 bits per heavy atom. The van der Waals surface area contributed by atoms with E-state index in [1.54, 1.807) is 27.0 Å². The van der Waals surface area contributed by atoms with Crippen LogP contribution >= 0.6 is 0 Å². The summed E-state index contributed by atoms with van der Waals surface area (Å²) in [4.78, 5) is 13.9. The molecule has 1 aromatic heterocycles. The first-order valence-corrected chi connectivity index (χ1v) is 7.60. The van der Waals surface area contributed by atoms with Gasteiger partial charge in [-0.1, -0.05) is 5.16 Å². The maximum Gasteiger partial charge on any atom is 0.317 e. The number of hydrogen-bond donors (Lipinski definition) is 1. The summed E-state index contributed by atoms with van der Waals surface area (Å²) < 4.78 is 23.8. The predicted molar refractivity (Wildman–Crippen MR) is 87.3 cm³/mol. The Kier molecular flexibility index (Phi) is 5.43. The quantitative estimate of drug-likeness (QED) is 0.910. The van der Waals surface area contributed by atoms with E-state index >= 15 is 0 Å². The molecule has 130 valence electrons. The molecule has 0 radical (unpaired) electrons. The third-order valence-electron chi connectivity index (χ3n) is 3.92. The lowest BCUT2D eigenvalue weighted by Gasteiger charge is -2.22. The number of amides is 2. The van der Waals surface area contributed by atoms with Crippen LogP contribution in [-0.2, 0) is 6.54 Å². The Hall–Kier alpha value is -2.57. The highest BCUT2D eigenvalue weighted by Gasteiger charge is 2.19. The van der Waals surface area contributed by atoms with E-state index < -0.39 is 6.04 Å². The van der Waals surface area contributed by atoms with Crippen LogP contribution in [0.15, 0.2) is 22.7 Å². The van der Waals surface area contributed by atoms with Gasteiger partial charge in [0, 0.05) is 18.2 Å². The number of hydrogen-bond acceptors (Lipinski definition) is 4. The van der Waals surface area contributed by atoms with Gasteiger partial charge in [-0.25, -0.2) is 9.18 Å². The van der Waals surface area contributed by atoms with E-state index in [2.05, 4.69) is 10.5 Å². The van der Waals surface area contributed by atoms with Crippen LogP contribution in [0.5, 0.6) is 5.75 Å². The molecule has 2 amide bonds. The maximum atomic E-state index is 13.5. The van der Waals surface area contributed by atoms with Gasteiger partial charge in [0.15, 0.2) is 0 Å². The summed E-state index contributed by atoms with van der Waals surface area (Å²) in [6.07, 6.45) is 0. The number of carbonyl (C=O) groups excluding carboxylic acids is 1. The second-order valence-corrected chi connectivity index (χ2v) is 5.72. The molecule has 7 heteroatoms. The third-order valence-corrected chi connectivity index (χ3v) is 3.92. The Morgan fingerprint density at radius 3 is 2.75 bits per heavy atom. The molecule has 0 saturated heterocycles. The zero-order valence-electron chi connectivity index (χ0n) is 14.5. The van der Waals surface area contributed by atoms with Crippen molar-refractivity contribution in [2.75, 3.05) is 14.2 Å². The minimum Gasteiger partial charge on any atom is -0.496 e. The highest BCUT2D eigenvalue weighted by Crippen LogP contribution is 2.26. The lowest BCUT2D eigenvalue weighted by molar-refractivity contribution is 0.203. The van der Waals surface area contributed by atoms with E-state index in [1.807, 2.05) is 6.92 Å². The molecule has 1 atom stereocenters. The zero-order chi connectivity index (χ0) is 17.9. The lowest BCUT2D eigenvalue weighted by Crippen LogP contribution is -2.38. The summed E-state index contributed by atoms with van der Waals surface area (Å²) >= 11 is 0.